The van der Waals surface area contributed by atoms with Crippen LogP contribution < -0.4 is 10.1 Å². The monoisotopic (exact) mass is 305 g/mol. The molecule has 1 aromatic carbocycles. The molecule has 1 aliphatic heterocycles. The third-order valence-corrected chi connectivity index (χ3v) is 3.80. The summed E-state index contributed by atoms with van der Waals surface area (Å²) in [5, 5.41) is 2.86. The van der Waals surface area contributed by atoms with Crippen molar-refractivity contribution >= 4 is 11.8 Å². The van der Waals surface area contributed by atoms with Gasteiger partial charge in [0, 0.05) is 26.2 Å². The molecule has 0 unspecified atom stereocenters. The third kappa shape index (κ3) is 4.21. The summed E-state index contributed by atoms with van der Waals surface area (Å²) in [5.74, 6) is 0.934. The minimum Gasteiger partial charge on any atom is -0.497 e. The van der Waals surface area contributed by atoms with Gasteiger partial charge in [0.05, 0.1) is 20.1 Å². The topological polar surface area (TPSA) is 61.9 Å². The molecule has 6 heteroatoms. The predicted molar refractivity (Wildman–Crippen MR) is 83.8 cm³/mol. The first-order valence-corrected chi connectivity index (χ1v) is 7.47. The molecule has 0 atom stereocenters. The molecule has 0 saturated carbocycles. The van der Waals surface area contributed by atoms with Crippen LogP contribution >= 0.6 is 0 Å². The highest BCUT2D eigenvalue weighted by Gasteiger charge is 2.23. The number of rotatable bonds is 5. The number of carbonyl (C=O) groups excluding carboxylic acids is 2. The van der Waals surface area contributed by atoms with Gasteiger partial charge in [0.2, 0.25) is 11.8 Å². The van der Waals surface area contributed by atoms with Crippen LogP contribution in [0.15, 0.2) is 24.3 Å². The molecule has 1 N–H and O–H groups in total. The van der Waals surface area contributed by atoms with Gasteiger partial charge in [0.15, 0.2) is 0 Å². The number of hydrogen-bond donors (Lipinski definition) is 1. The zero-order valence-electron chi connectivity index (χ0n) is 13.2. The molecule has 0 radical (unpaired) electrons. The van der Waals surface area contributed by atoms with E-state index in [0.29, 0.717) is 39.1 Å². The lowest BCUT2D eigenvalue weighted by Gasteiger charge is -2.34. The van der Waals surface area contributed by atoms with Gasteiger partial charge < -0.3 is 19.9 Å². The van der Waals surface area contributed by atoms with Gasteiger partial charge >= 0.3 is 0 Å². The fourth-order valence-electron chi connectivity index (χ4n) is 2.54. The number of piperazine rings is 1. The maximum Gasteiger partial charge on any atom is 0.236 e. The molecule has 0 bridgehead atoms. The van der Waals surface area contributed by atoms with Gasteiger partial charge in [0.25, 0.3) is 0 Å². The Balaban J connectivity index is 1.85. The predicted octanol–water partition coefficient (Wildman–Crippen LogP) is 0.128. The summed E-state index contributed by atoms with van der Waals surface area (Å²) in [6.45, 7) is 2.74. The van der Waals surface area contributed by atoms with Crippen molar-refractivity contribution in [2.24, 2.45) is 0 Å². The average Bonchev–Trinajstić information content (AvgIpc) is 2.55. The van der Waals surface area contributed by atoms with Crippen molar-refractivity contribution in [3.8, 4) is 5.75 Å². The second kappa shape index (κ2) is 7.79. The third-order valence-electron chi connectivity index (χ3n) is 3.80. The molecule has 2 rings (SSSR count). The summed E-state index contributed by atoms with van der Waals surface area (Å²) in [7, 11) is 3.37. The average molecular weight is 305 g/mol. The summed E-state index contributed by atoms with van der Waals surface area (Å²) >= 11 is 0. The van der Waals surface area contributed by atoms with Crippen molar-refractivity contribution in [3.05, 3.63) is 29.8 Å². The number of methoxy groups -OCH3 is 1. The second-order valence-electron chi connectivity index (χ2n) is 5.32. The zero-order chi connectivity index (χ0) is 15.9. The van der Waals surface area contributed by atoms with Crippen molar-refractivity contribution in [2.75, 3.05) is 46.9 Å². The van der Waals surface area contributed by atoms with Gasteiger partial charge in [-0.1, -0.05) is 12.1 Å². The van der Waals surface area contributed by atoms with Crippen LogP contribution in [0.5, 0.6) is 5.75 Å². The molecule has 120 valence electrons. The van der Waals surface area contributed by atoms with Crippen LogP contribution in [-0.4, -0.2) is 68.5 Å². The second-order valence-corrected chi connectivity index (χ2v) is 5.32. The van der Waals surface area contributed by atoms with E-state index in [1.807, 2.05) is 29.2 Å². The lowest BCUT2D eigenvalue weighted by molar-refractivity contribution is -0.138. The van der Waals surface area contributed by atoms with Gasteiger partial charge in [0.1, 0.15) is 5.75 Å². The Hall–Kier alpha value is -2.08. The molecule has 2 amide bonds. The Bertz CT molecular complexity index is 525. The Morgan fingerprint density at radius 3 is 2.36 bits per heavy atom. The zero-order valence-corrected chi connectivity index (χ0v) is 13.2. The smallest absolute Gasteiger partial charge is 0.236 e. The maximum absolute atomic E-state index is 12.3. The largest absolute Gasteiger partial charge is 0.497 e. The van der Waals surface area contributed by atoms with Gasteiger partial charge in [-0.15, -0.1) is 0 Å². The van der Waals surface area contributed by atoms with Crippen LogP contribution in [-0.2, 0) is 16.0 Å². The maximum atomic E-state index is 12.3. The lowest BCUT2D eigenvalue weighted by atomic mass is 10.1. The highest BCUT2D eigenvalue weighted by Crippen LogP contribution is 2.14. The van der Waals surface area contributed by atoms with Gasteiger partial charge in [-0.25, -0.2) is 0 Å². The highest BCUT2D eigenvalue weighted by molar-refractivity contribution is 5.80. The number of likely N-dealkylation sites (N-methyl/N-ethyl adjacent to an activating group) is 1. The summed E-state index contributed by atoms with van der Waals surface area (Å²) in [6, 6.07) is 7.55. The molecular weight excluding hydrogens is 282 g/mol. The Morgan fingerprint density at radius 2 is 1.77 bits per heavy atom. The quantitative estimate of drug-likeness (QED) is 0.840. The van der Waals surface area contributed by atoms with Crippen LogP contribution in [0.1, 0.15) is 5.56 Å². The van der Waals surface area contributed by atoms with Crippen LogP contribution in [0.3, 0.4) is 0 Å². The molecule has 1 aromatic rings. The molecule has 0 spiro atoms. The van der Waals surface area contributed by atoms with E-state index in [4.69, 9.17) is 4.74 Å². The number of amides is 2. The lowest BCUT2D eigenvalue weighted by Crippen LogP contribution is -2.52. The Kier molecular flexibility index (Phi) is 5.77. The fraction of sp³-hybridized carbons (Fsp3) is 0.500. The van der Waals surface area contributed by atoms with Crippen LogP contribution in [0.25, 0.3) is 0 Å². The molecule has 1 fully saturated rings. The first kappa shape index (κ1) is 16.3. The van der Waals surface area contributed by atoms with E-state index in [0.717, 1.165) is 11.3 Å². The van der Waals surface area contributed by atoms with E-state index in [9.17, 15) is 9.59 Å². The molecule has 0 aliphatic carbocycles. The SMILES string of the molecule is CNCC(=O)N1CCN(C(=O)Cc2cccc(OC)c2)CC1. The highest BCUT2D eigenvalue weighted by atomic mass is 16.5. The molecule has 6 nitrogen and oxygen atoms in total. The van der Waals surface area contributed by atoms with Gasteiger partial charge in [-0.05, 0) is 24.7 Å². The van der Waals surface area contributed by atoms with Crippen molar-refractivity contribution < 1.29 is 14.3 Å². The normalized spacial score (nSPS) is 14.8. The first-order valence-electron chi connectivity index (χ1n) is 7.47. The number of nitrogens with one attached hydrogen (secondary N) is 1. The Labute approximate surface area is 131 Å². The number of benzene rings is 1. The van der Waals surface area contributed by atoms with Gasteiger partial charge in [-0.3, -0.25) is 9.59 Å². The summed E-state index contributed by atoms with van der Waals surface area (Å²) in [5.41, 5.74) is 0.943. The molecular formula is C16H23N3O3. The minimum absolute atomic E-state index is 0.0856. The van der Waals surface area contributed by atoms with E-state index in [1.54, 1.807) is 19.1 Å². The number of hydrogen-bond acceptors (Lipinski definition) is 4. The van der Waals surface area contributed by atoms with Crippen molar-refractivity contribution in [1.29, 1.82) is 0 Å². The van der Waals surface area contributed by atoms with Crippen molar-refractivity contribution in [2.45, 2.75) is 6.42 Å². The summed E-state index contributed by atoms with van der Waals surface area (Å²) in [4.78, 5) is 27.7. The van der Waals surface area contributed by atoms with Gasteiger partial charge in [-0.2, -0.15) is 0 Å². The molecule has 1 heterocycles. The molecule has 22 heavy (non-hydrogen) atoms. The summed E-state index contributed by atoms with van der Waals surface area (Å²) in [6.07, 6.45) is 0.363. The number of carbonyl (C=O) groups is 2. The van der Waals surface area contributed by atoms with E-state index in [-0.39, 0.29) is 11.8 Å². The number of nitrogens with zero attached hydrogens (tertiary/aromatic N) is 2. The van der Waals surface area contributed by atoms with E-state index >= 15 is 0 Å². The molecule has 0 aromatic heterocycles. The van der Waals surface area contributed by atoms with Crippen LogP contribution in [0.4, 0.5) is 0 Å². The van der Waals surface area contributed by atoms with E-state index in [1.165, 1.54) is 0 Å². The van der Waals surface area contributed by atoms with E-state index in [2.05, 4.69) is 5.32 Å². The van der Waals surface area contributed by atoms with Crippen molar-refractivity contribution in [3.63, 3.8) is 0 Å². The van der Waals surface area contributed by atoms with Crippen LogP contribution in [0.2, 0.25) is 0 Å². The van der Waals surface area contributed by atoms with Crippen LogP contribution in [0, 0.1) is 0 Å². The standard InChI is InChI=1S/C16H23N3O3/c1-17-12-16(21)19-8-6-18(7-9-19)15(20)11-13-4-3-5-14(10-13)22-2/h3-5,10,17H,6-9,11-12H2,1-2H3. The Morgan fingerprint density at radius 1 is 1.14 bits per heavy atom. The molecule has 1 aliphatic rings. The summed E-state index contributed by atoms with van der Waals surface area (Å²) < 4.78 is 5.17. The molecule has 1 saturated heterocycles. The van der Waals surface area contributed by atoms with E-state index < -0.39 is 0 Å². The number of ether oxygens (including phenoxy) is 1. The minimum atomic E-state index is 0.0856. The fourth-order valence-corrected chi connectivity index (χ4v) is 2.54. The van der Waals surface area contributed by atoms with Crippen molar-refractivity contribution in [1.82, 2.24) is 15.1 Å². The first-order chi connectivity index (χ1) is 10.6.